The standard InChI is InChI=1S/C17H33BNO/c1-7-14(4)15-19-12-10-11-16(5,13-20-15)17(6,8-2)18-9-3/h14H,7-13H2,1-6H3. The molecule has 0 amide bonds. The third kappa shape index (κ3) is 3.80. The first-order valence-electron chi connectivity index (χ1n) is 8.44. The molecule has 1 radical (unpaired) electrons. The number of aliphatic imine (C=N–C) groups is 1. The van der Waals surface area contributed by atoms with E-state index in [1.54, 1.807) is 0 Å². The molecule has 0 aromatic carbocycles. The maximum atomic E-state index is 6.18. The Bertz CT molecular complexity index is 331. The van der Waals surface area contributed by atoms with Gasteiger partial charge in [0.25, 0.3) is 0 Å². The zero-order valence-corrected chi connectivity index (χ0v) is 14.5. The molecule has 1 aliphatic heterocycles. The molecule has 0 aromatic rings. The smallest absolute Gasteiger partial charge is 0.186 e. The fraction of sp³-hybridized carbons (Fsp3) is 0.941. The minimum Gasteiger partial charge on any atom is -0.480 e. The molecule has 3 heteroatoms. The van der Waals surface area contributed by atoms with Crippen molar-refractivity contribution in [2.75, 3.05) is 13.2 Å². The van der Waals surface area contributed by atoms with Gasteiger partial charge in [0.15, 0.2) is 5.90 Å². The molecule has 0 N–H and O–H groups in total. The summed E-state index contributed by atoms with van der Waals surface area (Å²) in [5, 5.41) is 0.250. The lowest BCUT2D eigenvalue weighted by Gasteiger charge is -2.47. The molecule has 3 unspecified atom stereocenters. The lowest BCUT2D eigenvalue weighted by molar-refractivity contribution is 0.0800. The van der Waals surface area contributed by atoms with E-state index in [9.17, 15) is 0 Å². The van der Waals surface area contributed by atoms with Crippen LogP contribution in [0.3, 0.4) is 0 Å². The van der Waals surface area contributed by atoms with Crippen LogP contribution in [0.15, 0.2) is 4.99 Å². The van der Waals surface area contributed by atoms with Gasteiger partial charge < -0.3 is 4.74 Å². The zero-order valence-electron chi connectivity index (χ0n) is 14.5. The molecule has 0 spiro atoms. The molecule has 0 aromatic heterocycles. The molecule has 1 heterocycles. The summed E-state index contributed by atoms with van der Waals surface area (Å²) in [5.41, 5.74) is 0.215. The molecule has 0 saturated heterocycles. The predicted octanol–water partition coefficient (Wildman–Crippen LogP) is 4.98. The van der Waals surface area contributed by atoms with Gasteiger partial charge in [0.2, 0.25) is 0 Å². The highest BCUT2D eigenvalue weighted by molar-refractivity contribution is 6.40. The Morgan fingerprint density at radius 3 is 2.65 bits per heavy atom. The molecule has 0 saturated carbocycles. The number of ether oxygens (including phenoxy) is 1. The normalized spacial score (nSPS) is 28.4. The van der Waals surface area contributed by atoms with E-state index in [2.05, 4.69) is 53.8 Å². The van der Waals surface area contributed by atoms with Crippen LogP contribution in [0.1, 0.15) is 67.2 Å². The summed E-state index contributed by atoms with van der Waals surface area (Å²) in [4.78, 5) is 4.66. The quantitative estimate of drug-likeness (QED) is 0.628. The van der Waals surface area contributed by atoms with Crippen LogP contribution in [-0.2, 0) is 4.74 Å². The number of hydrogen-bond acceptors (Lipinski definition) is 2. The van der Waals surface area contributed by atoms with Gasteiger partial charge in [0.05, 0.1) is 6.61 Å². The topological polar surface area (TPSA) is 21.6 Å². The Balaban J connectivity index is 2.89. The largest absolute Gasteiger partial charge is 0.480 e. The zero-order chi connectivity index (χ0) is 15.2. The highest BCUT2D eigenvalue weighted by atomic mass is 16.5. The number of nitrogens with zero attached hydrogens (tertiary/aromatic N) is 1. The van der Waals surface area contributed by atoms with E-state index >= 15 is 0 Å². The van der Waals surface area contributed by atoms with Crippen molar-refractivity contribution >= 4 is 13.2 Å². The maximum absolute atomic E-state index is 6.18. The molecule has 20 heavy (non-hydrogen) atoms. The highest BCUT2D eigenvalue weighted by Gasteiger charge is 2.43. The van der Waals surface area contributed by atoms with E-state index in [1.165, 1.54) is 19.3 Å². The Kier molecular flexibility index (Phi) is 6.61. The van der Waals surface area contributed by atoms with Gasteiger partial charge >= 0.3 is 0 Å². The van der Waals surface area contributed by atoms with E-state index in [0.717, 1.165) is 31.8 Å². The average molecular weight is 278 g/mol. The van der Waals surface area contributed by atoms with Crippen LogP contribution in [-0.4, -0.2) is 26.3 Å². The highest BCUT2D eigenvalue weighted by Crippen LogP contribution is 2.51. The van der Waals surface area contributed by atoms with Crippen molar-refractivity contribution in [1.29, 1.82) is 0 Å². The predicted molar refractivity (Wildman–Crippen MR) is 89.9 cm³/mol. The van der Waals surface area contributed by atoms with E-state index in [4.69, 9.17) is 4.74 Å². The van der Waals surface area contributed by atoms with Crippen molar-refractivity contribution in [3.63, 3.8) is 0 Å². The Morgan fingerprint density at radius 1 is 1.40 bits per heavy atom. The summed E-state index contributed by atoms with van der Waals surface area (Å²) in [5.74, 6) is 1.42. The van der Waals surface area contributed by atoms with Crippen molar-refractivity contribution in [2.45, 2.75) is 78.9 Å². The molecule has 0 aliphatic carbocycles. The van der Waals surface area contributed by atoms with Crippen molar-refractivity contribution in [3.8, 4) is 0 Å². The SMILES string of the molecule is CC[B]C(C)(CC)C1(C)CCCN=C(C(C)CC)OC1. The van der Waals surface area contributed by atoms with Gasteiger partial charge in [0, 0.05) is 17.9 Å². The minimum absolute atomic E-state index is 0.215. The Morgan fingerprint density at radius 2 is 2.10 bits per heavy atom. The third-order valence-electron chi connectivity index (χ3n) is 5.49. The van der Waals surface area contributed by atoms with Crippen LogP contribution in [0.5, 0.6) is 0 Å². The fourth-order valence-corrected chi connectivity index (χ4v) is 3.20. The summed E-state index contributed by atoms with van der Waals surface area (Å²) in [7, 11) is 2.50. The Hall–Kier alpha value is -0.465. The summed E-state index contributed by atoms with van der Waals surface area (Å²) < 4.78 is 6.18. The van der Waals surface area contributed by atoms with Crippen LogP contribution >= 0.6 is 0 Å². The molecule has 0 fully saturated rings. The monoisotopic (exact) mass is 278 g/mol. The summed E-state index contributed by atoms with van der Waals surface area (Å²) in [6, 6.07) is 0. The molecular weight excluding hydrogens is 245 g/mol. The summed E-state index contributed by atoms with van der Waals surface area (Å²) in [6.45, 7) is 15.5. The average Bonchev–Trinajstić information content (AvgIpc) is 2.42. The van der Waals surface area contributed by atoms with Crippen LogP contribution in [0.25, 0.3) is 0 Å². The second-order valence-electron chi connectivity index (χ2n) is 6.87. The first-order chi connectivity index (χ1) is 9.42. The van der Waals surface area contributed by atoms with Crippen molar-refractivity contribution in [1.82, 2.24) is 0 Å². The van der Waals surface area contributed by atoms with E-state index < -0.39 is 0 Å². The van der Waals surface area contributed by atoms with E-state index in [-0.39, 0.29) is 10.7 Å². The minimum atomic E-state index is 0.215. The first kappa shape index (κ1) is 17.6. The van der Waals surface area contributed by atoms with Gasteiger partial charge in [-0.15, -0.1) is 0 Å². The van der Waals surface area contributed by atoms with E-state index in [0.29, 0.717) is 5.92 Å². The summed E-state index contributed by atoms with van der Waals surface area (Å²) >= 11 is 0. The summed E-state index contributed by atoms with van der Waals surface area (Å²) in [6.07, 6.45) is 5.78. The molecule has 1 aliphatic rings. The lowest BCUT2D eigenvalue weighted by atomic mass is 9.40. The second kappa shape index (κ2) is 7.52. The van der Waals surface area contributed by atoms with E-state index in [1.807, 2.05) is 0 Å². The number of hydrogen-bond donors (Lipinski definition) is 0. The van der Waals surface area contributed by atoms with Gasteiger partial charge in [-0.1, -0.05) is 59.6 Å². The van der Waals surface area contributed by atoms with Gasteiger partial charge in [-0.2, -0.15) is 0 Å². The van der Waals surface area contributed by atoms with Gasteiger partial charge in [-0.25, -0.2) is 0 Å². The van der Waals surface area contributed by atoms with Crippen LogP contribution in [0.4, 0.5) is 0 Å². The van der Waals surface area contributed by atoms with Crippen LogP contribution in [0.2, 0.25) is 11.6 Å². The van der Waals surface area contributed by atoms with Crippen LogP contribution < -0.4 is 0 Å². The fourth-order valence-electron chi connectivity index (χ4n) is 3.20. The lowest BCUT2D eigenvalue weighted by Crippen LogP contribution is -2.41. The molecular formula is C17H33BNO. The van der Waals surface area contributed by atoms with Crippen molar-refractivity contribution in [2.24, 2.45) is 16.3 Å². The second-order valence-corrected chi connectivity index (χ2v) is 6.87. The maximum Gasteiger partial charge on any atom is 0.186 e. The van der Waals surface area contributed by atoms with Crippen LogP contribution in [0, 0.1) is 11.3 Å². The molecule has 3 atom stereocenters. The van der Waals surface area contributed by atoms with Crippen molar-refractivity contribution in [3.05, 3.63) is 0 Å². The molecule has 115 valence electrons. The third-order valence-corrected chi connectivity index (χ3v) is 5.49. The van der Waals surface area contributed by atoms with Gasteiger partial charge in [-0.05, 0) is 19.3 Å². The first-order valence-corrected chi connectivity index (χ1v) is 8.44. The molecule has 2 nitrogen and oxygen atoms in total. The molecule has 0 bridgehead atoms. The van der Waals surface area contributed by atoms with Gasteiger partial charge in [0.1, 0.15) is 7.28 Å². The van der Waals surface area contributed by atoms with Crippen molar-refractivity contribution < 1.29 is 4.74 Å². The Labute approximate surface area is 127 Å². The number of rotatable bonds is 6. The molecule has 1 rings (SSSR count). The van der Waals surface area contributed by atoms with Gasteiger partial charge in [-0.3, -0.25) is 4.99 Å².